The summed E-state index contributed by atoms with van der Waals surface area (Å²) in [6.45, 7) is 4.49. The number of aliphatic hydroxyl groups excluding tert-OH is 1. The van der Waals surface area contributed by atoms with Crippen LogP contribution in [0.5, 0.6) is 0 Å². The van der Waals surface area contributed by atoms with E-state index in [1.54, 1.807) is 0 Å². The fourth-order valence-corrected chi connectivity index (χ4v) is 3.22. The van der Waals surface area contributed by atoms with Gasteiger partial charge in [-0.3, -0.25) is 4.79 Å². The van der Waals surface area contributed by atoms with Gasteiger partial charge in [0, 0.05) is 17.7 Å². The van der Waals surface area contributed by atoms with Crippen LogP contribution in [0.15, 0.2) is 18.2 Å². The predicted molar refractivity (Wildman–Crippen MR) is 82.7 cm³/mol. The molecule has 0 aromatic heterocycles. The highest BCUT2D eigenvalue weighted by Crippen LogP contribution is 2.39. The van der Waals surface area contributed by atoms with Crippen molar-refractivity contribution < 1.29 is 19.4 Å². The van der Waals surface area contributed by atoms with Crippen LogP contribution in [0.1, 0.15) is 37.5 Å². The zero-order valence-electron chi connectivity index (χ0n) is 13.0. The Hall–Kier alpha value is -1.59. The van der Waals surface area contributed by atoms with Crippen molar-refractivity contribution >= 4 is 11.7 Å². The first-order valence-electron chi connectivity index (χ1n) is 7.94. The number of benzene rings is 1. The lowest BCUT2D eigenvalue weighted by Gasteiger charge is -2.40. The number of carbonyl (C=O) groups is 1. The van der Waals surface area contributed by atoms with Gasteiger partial charge in [0.05, 0.1) is 37.4 Å². The van der Waals surface area contributed by atoms with Crippen molar-refractivity contribution in [2.24, 2.45) is 5.92 Å². The number of rotatable bonds is 4. The number of anilines is 1. The Labute approximate surface area is 130 Å². The van der Waals surface area contributed by atoms with E-state index in [4.69, 9.17) is 9.47 Å². The van der Waals surface area contributed by atoms with Gasteiger partial charge in [-0.05, 0) is 25.0 Å². The molecular formula is C17H23NO4. The number of carbonyl (C=O) groups excluding carboxylic acids is 1. The number of ether oxygens (including phenoxy) is 2. The summed E-state index contributed by atoms with van der Waals surface area (Å²) in [6.07, 6.45) is 1.02. The van der Waals surface area contributed by atoms with Crippen molar-refractivity contribution in [2.45, 2.75) is 44.9 Å². The van der Waals surface area contributed by atoms with Crippen molar-refractivity contribution in [3.8, 4) is 0 Å². The van der Waals surface area contributed by atoms with Crippen LogP contribution >= 0.6 is 0 Å². The Kier molecular flexibility index (Phi) is 4.36. The smallest absolute Gasteiger partial charge is 0.308 e. The zero-order chi connectivity index (χ0) is 15.7. The van der Waals surface area contributed by atoms with Gasteiger partial charge in [-0.15, -0.1) is 0 Å². The third-order valence-electron chi connectivity index (χ3n) is 4.44. The molecule has 2 bridgehead atoms. The van der Waals surface area contributed by atoms with E-state index in [0.29, 0.717) is 19.6 Å². The predicted octanol–water partition coefficient (Wildman–Crippen LogP) is 2.04. The number of nitrogens with one attached hydrogen (secondary N) is 1. The normalized spacial score (nSPS) is 27.5. The van der Waals surface area contributed by atoms with Crippen LogP contribution < -0.4 is 5.32 Å². The van der Waals surface area contributed by atoms with E-state index in [1.165, 1.54) is 0 Å². The minimum absolute atomic E-state index is 0.0301. The third kappa shape index (κ3) is 2.96. The molecule has 0 radical (unpaired) electrons. The molecule has 3 rings (SSSR count). The minimum atomic E-state index is -0.451. The Morgan fingerprint density at radius 2 is 2.36 bits per heavy atom. The van der Waals surface area contributed by atoms with Gasteiger partial charge in [0.25, 0.3) is 0 Å². The first-order chi connectivity index (χ1) is 10.6. The summed E-state index contributed by atoms with van der Waals surface area (Å²) in [5.41, 5.74) is 3.25. The summed E-state index contributed by atoms with van der Waals surface area (Å²) >= 11 is 0. The molecule has 2 heterocycles. The average molecular weight is 305 g/mol. The minimum Gasteiger partial charge on any atom is -0.466 e. The van der Waals surface area contributed by atoms with E-state index in [9.17, 15) is 9.90 Å². The molecule has 0 saturated carbocycles. The second kappa shape index (κ2) is 6.26. The van der Waals surface area contributed by atoms with Crippen LogP contribution in [-0.2, 0) is 20.7 Å². The Morgan fingerprint density at radius 3 is 3.14 bits per heavy atom. The monoisotopic (exact) mass is 305 g/mol. The van der Waals surface area contributed by atoms with Crippen LogP contribution in [0, 0.1) is 5.92 Å². The molecular weight excluding hydrogens is 282 g/mol. The molecule has 1 aromatic carbocycles. The molecule has 0 amide bonds. The van der Waals surface area contributed by atoms with Crippen LogP contribution in [-0.4, -0.2) is 36.4 Å². The SMILES string of the molecule is CCOC(=O)C(C)Cc1ccc2c(c1)[C@H]1C[C@@H](N2)[C@H](O)CO1. The lowest BCUT2D eigenvalue weighted by Crippen LogP contribution is -2.46. The molecule has 4 atom stereocenters. The lowest BCUT2D eigenvalue weighted by molar-refractivity contribution is -0.147. The van der Waals surface area contributed by atoms with Crippen LogP contribution in [0.2, 0.25) is 0 Å². The molecule has 2 aliphatic rings. The molecule has 22 heavy (non-hydrogen) atoms. The van der Waals surface area contributed by atoms with Gasteiger partial charge in [-0.2, -0.15) is 0 Å². The highest BCUT2D eigenvalue weighted by Gasteiger charge is 2.36. The van der Waals surface area contributed by atoms with E-state index in [0.717, 1.165) is 23.2 Å². The van der Waals surface area contributed by atoms with Crippen LogP contribution in [0.3, 0.4) is 0 Å². The van der Waals surface area contributed by atoms with Crippen molar-refractivity contribution in [3.05, 3.63) is 29.3 Å². The Balaban J connectivity index is 1.76. The summed E-state index contributed by atoms with van der Waals surface area (Å²) in [5.74, 6) is -0.313. The van der Waals surface area contributed by atoms with E-state index < -0.39 is 6.10 Å². The second-order valence-corrected chi connectivity index (χ2v) is 6.15. The van der Waals surface area contributed by atoms with Gasteiger partial charge in [0.15, 0.2) is 0 Å². The lowest BCUT2D eigenvalue weighted by atomic mass is 9.88. The zero-order valence-corrected chi connectivity index (χ0v) is 13.0. The summed E-state index contributed by atoms with van der Waals surface area (Å²) in [5, 5.41) is 13.3. The molecule has 2 N–H and O–H groups in total. The van der Waals surface area contributed by atoms with Gasteiger partial charge in [0.1, 0.15) is 0 Å². The fraction of sp³-hybridized carbons (Fsp3) is 0.588. The first-order valence-corrected chi connectivity index (χ1v) is 7.94. The van der Waals surface area contributed by atoms with E-state index in [1.807, 2.05) is 26.0 Å². The van der Waals surface area contributed by atoms with Crippen molar-refractivity contribution in [1.29, 1.82) is 0 Å². The number of esters is 1. The number of fused-ring (bicyclic) bond motifs is 4. The van der Waals surface area contributed by atoms with E-state index >= 15 is 0 Å². The van der Waals surface area contributed by atoms with Gasteiger partial charge in [-0.25, -0.2) is 0 Å². The Morgan fingerprint density at radius 1 is 1.55 bits per heavy atom. The molecule has 1 saturated heterocycles. The van der Waals surface area contributed by atoms with Gasteiger partial charge >= 0.3 is 5.97 Å². The van der Waals surface area contributed by atoms with E-state index in [-0.39, 0.29) is 24.0 Å². The Bertz CT molecular complexity index is 560. The molecule has 1 unspecified atom stereocenters. The molecule has 5 heteroatoms. The molecule has 120 valence electrons. The standard InChI is InChI=1S/C17H23NO4/c1-3-21-17(20)10(2)6-11-4-5-13-12(7-11)16-8-14(18-13)15(19)9-22-16/h4-5,7,10,14-16,18-19H,3,6,8-9H2,1-2H3/t10?,14-,15-,16-/m1/s1. The average Bonchev–Trinajstić information content (AvgIpc) is 2.51. The maximum atomic E-state index is 11.8. The quantitative estimate of drug-likeness (QED) is 0.833. The van der Waals surface area contributed by atoms with Crippen LogP contribution in [0.25, 0.3) is 0 Å². The summed E-state index contributed by atoms with van der Waals surface area (Å²) < 4.78 is 10.8. The number of aliphatic hydroxyl groups is 1. The molecule has 1 aromatic rings. The first kappa shape index (κ1) is 15.3. The molecule has 0 aliphatic carbocycles. The molecule has 0 spiro atoms. The van der Waals surface area contributed by atoms with Crippen molar-refractivity contribution in [1.82, 2.24) is 0 Å². The van der Waals surface area contributed by atoms with E-state index in [2.05, 4.69) is 11.4 Å². The summed E-state index contributed by atoms with van der Waals surface area (Å²) in [7, 11) is 0. The molecule has 2 aliphatic heterocycles. The van der Waals surface area contributed by atoms with Gasteiger partial charge in [0.2, 0.25) is 0 Å². The van der Waals surface area contributed by atoms with Crippen molar-refractivity contribution in [2.75, 3.05) is 18.5 Å². The van der Waals surface area contributed by atoms with Gasteiger partial charge in [-0.1, -0.05) is 19.1 Å². The largest absolute Gasteiger partial charge is 0.466 e. The second-order valence-electron chi connectivity index (χ2n) is 6.15. The highest BCUT2D eigenvalue weighted by molar-refractivity contribution is 5.72. The maximum absolute atomic E-state index is 11.8. The van der Waals surface area contributed by atoms with Crippen molar-refractivity contribution in [3.63, 3.8) is 0 Å². The maximum Gasteiger partial charge on any atom is 0.308 e. The topological polar surface area (TPSA) is 67.8 Å². The third-order valence-corrected chi connectivity index (χ3v) is 4.44. The summed E-state index contributed by atoms with van der Waals surface area (Å²) in [4.78, 5) is 11.8. The number of hydrogen-bond donors (Lipinski definition) is 2. The van der Waals surface area contributed by atoms with Gasteiger partial charge < -0.3 is 19.9 Å². The molecule has 5 nitrogen and oxygen atoms in total. The molecule has 1 fully saturated rings. The van der Waals surface area contributed by atoms with Crippen LogP contribution in [0.4, 0.5) is 5.69 Å². The summed E-state index contributed by atoms with van der Waals surface area (Å²) in [6, 6.07) is 6.21. The number of hydrogen-bond acceptors (Lipinski definition) is 5. The highest BCUT2D eigenvalue weighted by atomic mass is 16.5. The fourth-order valence-electron chi connectivity index (χ4n) is 3.22.